The van der Waals surface area contributed by atoms with Gasteiger partial charge in [0.05, 0.1) is 4.92 Å². The zero-order chi connectivity index (χ0) is 10.4. The van der Waals surface area contributed by atoms with Crippen LogP contribution in [0.25, 0.3) is 0 Å². The molecule has 0 saturated heterocycles. The summed E-state index contributed by atoms with van der Waals surface area (Å²) < 4.78 is 0. The predicted molar refractivity (Wildman–Crippen MR) is 60.0 cm³/mol. The van der Waals surface area contributed by atoms with Crippen LogP contribution in [0.4, 0.5) is 11.4 Å². The normalized spacial score (nSPS) is 9.79. The van der Waals surface area contributed by atoms with Crippen molar-refractivity contribution in [3.05, 3.63) is 34.4 Å². The molecule has 0 saturated carbocycles. The first kappa shape index (κ1) is 10.8. The van der Waals surface area contributed by atoms with E-state index in [0.29, 0.717) is 0 Å². The highest BCUT2D eigenvalue weighted by molar-refractivity contribution is 7.98. The van der Waals surface area contributed by atoms with Gasteiger partial charge >= 0.3 is 0 Å². The molecular weight excluding hydrogens is 200 g/mol. The minimum Gasteiger partial charge on any atom is -0.384 e. The van der Waals surface area contributed by atoms with Crippen LogP contribution >= 0.6 is 11.8 Å². The van der Waals surface area contributed by atoms with Crippen molar-refractivity contribution in [3.63, 3.8) is 0 Å². The van der Waals surface area contributed by atoms with E-state index >= 15 is 0 Å². The fraction of sp³-hybridized carbons (Fsp3) is 0.333. The second-order valence-corrected chi connectivity index (χ2v) is 3.71. The van der Waals surface area contributed by atoms with Crippen molar-refractivity contribution in [2.24, 2.45) is 0 Å². The average molecular weight is 212 g/mol. The molecule has 0 amide bonds. The number of benzene rings is 1. The molecule has 0 aliphatic rings. The van der Waals surface area contributed by atoms with Crippen molar-refractivity contribution >= 4 is 23.1 Å². The van der Waals surface area contributed by atoms with Crippen LogP contribution in [-0.2, 0) is 0 Å². The van der Waals surface area contributed by atoms with E-state index in [0.717, 1.165) is 18.0 Å². The molecule has 76 valence electrons. The summed E-state index contributed by atoms with van der Waals surface area (Å²) >= 11 is 1.73. The number of non-ortho nitro benzene ring substituents is 1. The number of thioether (sulfide) groups is 1. The van der Waals surface area contributed by atoms with Crippen LogP contribution in [0.15, 0.2) is 24.3 Å². The zero-order valence-corrected chi connectivity index (χ0v) is 8.71. The highest BCUT2D eigenvalue weighted by atomic mass is 32.2. The largest absolute Gasteiger partial charge is 0.384 e. The standard InChI is InChI=1S/C9H12N2O2S/c1-14-6-5-10-8-3-2-4-9(7-8)11(12)13/h2-4,7,10H,5-6H2,1H3. The fourth-order valence-corrected chi connectivity index (χ4v) is 1.33. The number of anilines is 1. The van der Waals surface area contributed by atoms with Crippen LogP contribution in [0, 0.1) is 10.1 Å². The van der Waals surface area contributed by atoms with E-state index in [9.17, 15) is 10.1 Å². The van der Waals surface area contributed by atoms with Crippen molar-refractivity contribution in [3.8, 4) is 0 Å². The highest BCUT2D eigenvalue weighted by Crippen LogP contribution is 2.16. The Morgan fingerprint density at radius 2 is 2.36 bits per heavy atom. The number of nitrogens with zero attached hydrogens (tertiary/aromatic N) is 1. The van der Waals surface area contributed by atoms with Gasteiger partial charge in [0.15, 0.2) is 0 Å². The van der Waals surface area contributed by atoms with Crippen molar-refractivity contribution in [2.45, 2.75) is 0 Å². The lowest BCUT2D eigenvalue weighted by Gasteiger charge is -2.04. The molecule has 0 heterocycles. The second kappa shape index (κ2) is 5.49. The molecule has 1 aromatic rings. The highest BCUT2D eigenvalue weighted by Gasteiger charge is 2.04. The first-order chi connectivity index (χ1) is 6.74. The van der Waals surface area contributed by atoms with Gasteiger partial charge in [0.1, 0.15) is 0 Å². The van der Waals surface area contributed by atoms with Gasteiger partial charge < -0.3 is 5.32 Å². The first-order valence-corrected chi connectivity index (χ1v) is 5.60. The number of nitro benzene ring substituents is 1. The molecular formula is C9H12N2O2S. The van der Waals surface area contributed by atoms with Gasteiger partial charge in [0, 0.05) is 30.1 Å². The third-order valence-corrected chi connectivity index (χ3v) is 2.30. The molecule has 0 radical (unpaired) electrons. The summed E-state index contributed by atoms with van der Waals surface area (Å²) in [5.74, 6) is 0.989. The maximum atomic E-state index is 10.5. The number of nitrogens with one attached hydrogen (secondary N) is 1. The van der Waals surface area contributed by atoms with Crippen LogP contribution in [0.3, 0.4) is 0 Å². The summed E-state index contributed by atoms with van der Waals surface area (Å²) in [6.45, 7) is 0.822. The summed E-state index contributed by atoms with van der Waals surface area (Å²) in [6, 6.07) is 6.53. The van der Waals surface area contributed by atoms with Crippen LogP contribution < -0.4 is 5.32 Å². The Bertz CT molecular complexity index is 317. The Morgan fingerprint density at radius 3 is 3.00 bits per heavy atom. The van der Waals surface area contributed by atoms with Gasteiger partial charge in [-0.05, 0) is 12.3 Å². The van der Waals surface area contributed by atoms with E-state index in [1.54, 1.807) is 23.9 Å². The van der Waals surface area contributed by atoms with Crippen LogP contribution in [0.5, 0.6) is 0 Å². The van der Waals surface area contributed by atoms with Gasteiger partial charge in [-0.25, -0.2) is 0 Å². The lowest BCUT2D eigenvalue weighted by molar-refractivity contribution is -0.384. The molecule has 0 aromatic heterocycles. The Labute approximate surface area is 86.9 Å². The molecule has 14 heavy (non-hydrogen) atoms. The zero-order valence-electron chi connectivity index (χ0n) is 7.90. The number of hydrogen-bond acceptors (Lipinski definition) is 4. The number of hydrogen-bond donors (Lipinski definition) is 1. The van der Waals surface area contributed by atoms with E-state index in [4.69, 9.17) is 0 Å². The first-order valence-electron chi connectivity index (χ1n) is 4.21. The molecule has 1 rings (SSSR count). The van der Waals surface area contributed by atoms with Gasteiger partial charge in [-0.15, -0.1) is 0 Å². The van der Waals surface area contributed by atoms with Crippen molar-refractivity contribution in [1.82, 2.24) is 0 Å². The molecule has 0 unspecified atom stereocenters. The van der Waals surface area contributed by atoms with Crippen molar-refractivity contribution in [1.29, 1.82) is 0 Å². The molecule has 5 heteroatoms. The van der Waals surface area contributed by atoms with Gasteiger partial charge in [0.25, 0.3) is 5.69 Å². The third kappa shape index (κ3) is 3.26. The molecule has 0 bridgehead atoms. The lowest BCUT2D eigenvalue weighted by atomic mass is 10.3. The number of nitro groups is 1. The minimum atomic E-state index is -0.389. The summed E-state index contributed by atoms with van der Waals surface area (Å²) in [4.78, 5) is 10.1. The fourth-order valence-electron chi connectivity index (χ4n) is 1.03. The van der Waals surface area contributed by atoms with Gasteiger partial charge in [-0.2, -0.15) is 11.8 Å². The van der Waals surface area contributed by atoms with Gasteiger partial charge in [-0.3, -0.25) is 10.1 Å². The topological polar surface area (TPSA) is 55.2 Å². The molecule has 1 N–H and O–H groups in total. The number of rotatable bonds is 5. The van der Waals surface area contributed by atoms with E-state index in [1.807, 2.05) is 12.3 Å². The molecule has 1 aromatic carbocycles. The summed E-state index contributed by atoms with van der Waals surface area (Å²) in [6.07, 6.45) is 2.02. The van der Waals surface area contributed by atoms with E-state index in [-0.39, 0.29) is 10.6 Å². The second-order valence-electron chi connectivity index (χ2n) is 2.73. The van der Waals surface area contributed by atoms with E-state index in [2.05, 4.69) is 5.32 Å². The van der Waals surface area contributed by atoms with Gasteiger partial charge in [-0.1, -0.05) is 6.07 Å². The molecule has 0 aliphatic carbocycles. The maximum absolute atomic E-state index is 10.5. The van der Waals surface area contributed by atoms with Crippen LogP contribution in [0.1, 0.15) is 0 Å². The monoisotopic (exact) mass is 212 g/mol. The summed E-state index contributed by atoms with van der Waals surface area (Å²) in [5, 5.41) is 13.6. The van der Waals surface area contributed by atoms with Crippen molar-refractivity contribution < 1.29 is 4.92 Å². The molecule has 0 spiro atoms. The summed E-state index contributed by atoms with van der Waals surface area (Å²) in [5.41, 5.74) is 0.924. The Hall–Kier alpha value is -1.23. The Balaban J connectivity index is 2.59. The average Bonchev–Trinajstić information content (AvgIpc) is 2.19. The predicted octanol–water partition coefficient (Wildman–Crippen LogP) is 2.37. The summed E-state index contributed by atoms with van der Waals surface area (Å²) in [7, 11) is 0. The van der Waals surface area contributed by atoms with Crippen LogP contribution in [0.2, 0.25) is 0 Å². The smallest absolute Gasteiger partial charge is 0.271 e. The van der Waals surface area contributed by atoms with Crippen LogP contribution in [-0.4, -0.2) is 23.5 Å². The van der Waals surface area contributed by atoms with E-state index in [1.165, 1.54) is 6.07 Å². The van der Waals surface area contributed by atoms with Crippen molar-refractivity contribution in [2.75, 3.05) is 23.9 Å². The quantitative estimate of drug-likeness (QED) is 0.462. The van der Waals surface area contributed by atoms with Gasteiger partial charge in [0.2, 0.25) is 0 Å². The third-order valence-electron chi connectivity index (χ3n) is 1.69. The Morgan fingerprint density at radius 1 is 1.57 bits per heavy atom. The van der Waals surface area contributed by atoms with E-state index < -0.39 is 0 Å². The maximum Gasteiger partial charge on any atom is 0.271 e. The Kier molecular flexibility index (Phi) is 4.25. The molecule has 0 atom stereocenters. The molecule has 4 nitrogen and oxygen atoms in total. The lowest BCUT2D eigenvalue weighted by Crippen LogP contribution is -2.03. The minimum absolute atomic E-state index is 0.124. The molecule has 0 aliphatic heterocycles. The molecule has 0 fully saturated rings. The SMILES string of the molecule is CSCCNc1cccc([N+](=O)[O-])c1.